The maximum absolute atomic E-state index is 12.4. The van der Waals surface area contributed by atoms with Crippen molar-refractivity contribution in [2.24, 2.45) is 23.7 Å². The van der Waals surface area contributed by atoms with E-state index in [1.807, 2.05) is 12.2 Å². The van der Waals surface area contributed by atoms with Crippen LogP contribution in [0.25, 0.3) is 0 Å². The molecule has 6 nitrogen and oxygen atoms in total. The first-order chi connectivity index (χ1) is 11.4. The van der Waals surface area contributed by atoms with Gasteiger partial charge in [0.05, 0.1) is 17.6 Å². The summed E-state index contributed by atoms with van der Waals surface area (Å²) in [6, 6.07) is 0. The molecule has 1 saturated carbocycles. The molecule has 4 atom stereocenters. The van der Waals surface area contributed by atoms with Crippen molar-refractivity contribution in [3.8, 4) is 0 Å². The number of hydrogen-bond acceptors (Lipinski definition) is 5. The summed E-state index contributed by atoms with van der Waals surface area (Å²) in [6.45, 7) is 2.12. The van der Waals surface area contributed by atoms with E-state index in [1.165, 1.54) is 0 Å². The summed E-state index contributed by atoms with van der Waals surface area (Å²) in [7, 11) is -3.91. The number of fused-ring (bicyclic) bond motifs is 5. The molecule has 3 aliphatic rings. The first kappa shape index (κ1) is 17.6. The van der Waals surface area contributed by atoms with E-state index in [-0.39, 0.29) is 17.6 Å². The fourth-order valence-electron chi connectivity index (χ4n) is 4.16. The molecule has 7 heteroatoms. The molecule has 2 fully saturated rings. The van der Waals surface area contributed by atoms with E-state index in [2.05, 4.69) is 6.92 Å². The summed E-state index contributed by atoms with van der Waals surface area (Å²) < 4.78 is 29.1. The van der Waals surface area contributed by atoms with Gasteiger partial charge in [0.2, 0.25) is 0 Å². The molecule has 134 valence electrons. The fraction of sp³-hybridized carbons (Fsp3) is 0.765. The number of unbranched alkanes of at least 4 members (excludes halogenated alkanes) is 5. The van der Waals surface area contributed by atoms with E-state index in [1.54, 1.807) is 0 Å². The smallest absolute Gasteiger partial charge is 0.272 e. The minimum absolute atomic E-state index is 0.0475. The van der Waals surface area contributed by atoms with Gasteiger partial charge >= 0.3 is 0 Å². The highest BCUT2D eigenvalue weighted by Gasteiger charge is 2.60. The van der Waals surface area contributed by atoms with Crippen molar-refractivity contribution in [3.05, 3.63) is 12.2 Å². The molecule has 0 spiro atoms. The number of hydroxylamine groups is 2. The Morgan fingerprint density at radius 3 is 2.12 bits per heavy atom. The van der Waals surface area contributed by atoms with Gasteiger partial charge in [-0.3, -0.25) is 9.59 Å². The third-order valence-corrected chi connectivity index (χ3v) is 6.53. The van der Waals surface area contributed by atoms with Crippen molar-refractivity contribution in [1.29, 1.82) is 0 Å². The van der Waals surface area contributed by atoms with Gasteiger partial charge in [-0.2, -0.15) is 8.42 Å². The van der Waals surface area contributed by atoms with E-state index in [0.29, 0.717) is 11.5 Å². The highest BCUT2D eigenvalue weighted by atomic mass is 32.2. The number of rotatable bonds is 9. The lowest BCUT2D eigenvalue weighted by Gasteiger charge is -2.15. The zero-order valence-electron chi connectivity index (χ0n) is 14.0. The lowest BCUT2D eigenvalue weighted by molar-refractivity contribution is -0.166. The Labute approximate surface area is 143 Å². The van der Waals surface area contributed by atoms with Crippen LogP contribution in [0.1, 0.15) is 51.9 Å². The van der Waals surface area contributed by atoms with E-state index in [9.17, 15) is 18.0 Å². The Morgan fingerprint density at radius 1 is 1.00 bits per heavy atom. The van der Waals surface area contributed by atoms with Gasteiger partial charge in [0.25, 0.3) is 21.9 Å². The maximum atomic E-state index is 12.4. The largest absolute Gasteiger partial charge is 0.288 e. The second-order valence-corrected chi connectivity index (χ2v) is 8.75. The summed E-state index contributed by atoms with van der Waals surface area (Å²) in [4.78, 5) is 24.8. The van der Waals surface area contributed by atoms with Crippen molar-refractivity contribution < 1.29 is 22.3 Å². The highest BCUT2D eigenvalue weighted by molar-refractivity contribution is 7.86. The zero-order chi connectivity index (χ0) is 17.3. The normalized spacial score (nSPS) is 31.3. The average molecular weight is 355 g/mol. The molecular formula is C17H25NO5S. The lowest BCUT2D eigenvalue weighted by atomic mass is 9.85. The Bertz CT molecular complexity index is 611. The van der Waals surface area contributed by atoms with Crippen LogP contribution in [0.15, 0.2) is 12.2 Å². The number of hydrogen-bond donors (Lipinski definition) is 0. The van der Waals surface area contributed by atoms with Crippen LogP contribution in [0.5, 0.6) is 0 Å². The quantitative estimate of drug-likeness (QED) is 0.360. The van der Waals surface area contributed by atoms with Crippen LogP contribution in [0.3, 0.4) is 0 Å². The van der Waals surface area contributed by atoms with Crippen LogP contribution < -0.4 is 0 Å². The summed E-state index contributed by atoms with van der Waals surface area (Å²) in [5, 5.41) is 0.522. The molecule has 1 saturated heterocycles. The monoisotopic (exact) mass is 355 g/mol. The molecule has 1 heterocycles. The summed E-state index contributed by atoms with van der Waals surface area (Å²) in [5.41, 5.74) is 0. The molecular weight excluding hydrogens is 330 g/mol. The molecule has 4 unspecified atom stereocenters. The summed E-state index contributed by atoms with van der Waals surface area (Å²) >= 11 is 0. The molecule has 2 amide bonds. The Balaban J connectivity index is 1.52. The molecule has 2 bridgehead atoms. The SMILES string of the molecule is CCCCCCCCS(=O)(=O)ON1C(=O)C2C3C=CC(C3)C2C1=O. The van der Waals surface area contributed by atoms with Crippen LogP contribution in [-0.4, -0.2) is 31.0 Å². The number of carbonyl (C=O) groups excluding carboxylic acids is 2. The van der Waals surface area contributed by atoms with Gasteiger partial charge in [-0.15, -0.1) is 9.35 Å². The molecule has 0 radical (unpaired) electrons. The molecule has 2 aliphatic carbocycles. The third kappa shape index (κ3) is 3.28. The van der Waals surface area contributed by atoms with Gasteiger partial charge < -0.3 is 0 Å². The standard InChI is InChI=1S/C17H25NO5S/c1-2-3-4-5-6-7-10-24(21,22)23-18-16(19)14-12-8-9-13(11-12)15(14)17(18)20/h8-9,12-15H,2-7,10-11H2,1H3. The van der Waals surface area contributed by atoms with E-state index in [4.69, 9.17) is 4.28 Å². The summed E-state index contributed by atoms with van der Waals surface area (Å²) in [5.74, 6) is -1.91. The molecule has 0 N–H and O–H groups in total. The topological polar surface area (TPSA) is 80.8 Å². The predicted octanol–water partition coefficient (Wildman–Crippen LogP) is 2.42. The number of nitrogens with zero attached hydrogens (tertiary/aromatic N) is 1. The second-order valence-electron chi connectivity index (χ2n) is 7.07. The number of imide groups is 1. The Morgan fingerprint density at radius 2 is 1.54 bits per heavy atom. The van der Waals surface area contributed by atoms with Crippen LogP contribution in [0.4, 0.5) is 0 Å². The molecule has 0 aromatic rings. The van der Waals surface area contributed by atoms with Crippen LogP contribution in [0.2, 0.25) is 0 Å². The van der Waals surface area contributed by atoms with Gasteiger partial charge in [0.1, 0.15) is 0 Å². The van der Waals surface area contributed by atoms with Crippen molar-refractivity contribution >= 4 is 21.9 Å². The predicted molar refractivity (Wildman–Crippen MR) is 87.8 cm³/mol. The van der Waals surface area contributed by atoms with Gasteiger partial charge in [-0.25, -0.2) is 0 Å². The number of carbonyl (C=O) groups is 2. The van der Waals surface area contributed by atoms with Crippen LogP contribution in [0, 0.1) is 23.7 Å². The molecule has 0 aromatic carbocycles. The molecule has 3 rings (SSSR count). The number of amides is 2. The minimum Gasteiger partial charge on any atom is -0.272 e. The third-order valence-electron chi connectivity index (χ3n) is 5.37. The zero-order valence-corrected chi connectivity index (χ0v) is 14.8. The highest BCUT2D eigenvalue weighted by Crippen LogP contribution is 2.52. The van der Waals surface area contributed by atoms with Crippen molar-refractivity contribution in [2.75, 3.05) is 5.75 Å². The Kier molecular flexibility index (Phi) is 5.11. The fourth-order valence-corrected chi connectivity index (χ4v) is 5.16. The second kappa shape index (κ2) is 6.96. The lowest BCUT2D eigenvalue weighted by Crippen LogP contribution is -2.36. The van der Waals surface area contributed by atoms with Crippen LogP contribution in [-0.2, 0) is 24.0 Å². The Hall–Kier alpha value is -1.21. The van der Waals surface area contributed by atoms with Crippen LogP contribution >= 0.6 is 0 Å². The van der Waals surface area contributed by atoms with Crippen molar-refractivity contribution in [1.82, 2.24) is 5.06 Å². The first-order valence-corrected chi connectivity index (χ1v) is 10.5. The van der Waals surface area contributed by atoms with E-state index in [0.717, 1.165) is 38.5 Å². The molecule has 1 aliphatic heterocycles. The van der Waals surface area contributed by atoms with Crippen molar-refractivity contribution in [3.63, 3.8) is 0 Å². The first-order valence-electron chi connectivity index (χ1n) is 8.93. The van der Waals surface area contributed by atoms with E-state index >= 15 is 0 Å². The molecule has 24 heavy (non-hydrogen) atoms. The maximum Gasteiger partial charge on any atom is 0.288 e. The minimum atomic E-state index is -3.91. The number of allylic oxidation sites excluding steroid dienone is 2. The van der Waals surface area contributed by atoms with Gasteiger partial charge in [-0.05, 0) is 24.7 Å². The van der Waals surface area contributed by atoms with E-state index < -0.39 is 33.8 Å². The van der Waals surface area contributed by atoms with Crippen molar-refractivity contribution in [2.45, 2.75) is 51.9 Å². The van der Waals surface area contributed by atoms with Gasteiger partial charge in [0, 0.05) is 0 Å². The summed E-state index contributed by atoms with van der Waals surface area (Å²) in [6.07, 6.45) is 10.4. The van der Waals surface area contributed by atoms with Gasteiger partial charge in [0.15, 0.2) is 0 Å². The molecule has 0 aromatic heterocycles. The average Bonchev–Trinajstić information content (AvgIpc) is 3.21. The van der Waals surface area contributed by atoms with Gasteiger partial charge in [-0.1, -0.05) is 51.2 Å².